The second-order valence-corrected chi connectivity index (χ2v) is 8.94. The van der Waals surface area contributed by atoms with Crippen molar-refractivity contribution in [2.24, 2.45) is 0 Å². The molecule has 0 aliphatic rings. The molecule has 0 aromatic carbocycles. The van der Waals surface area contributed by atoms with Crippen LogP contribution in [0, 0.1) is 0 Å². The summed E-state index contributed by atoms with van der Waals surface area (Å²) >= 11 is 0. The number of allylic oxidation sites excluding steroid dienone is 1. The molecule has 0 amide bonds. The van der Waals surface area contributed by atoms with E-state index in [-0.39, 0.29) is 0 Å². The summed E-state index contributed by atoms with van der Waals surface area (Å²) < 4.78 is 0. The zero-order valence-corrected chi connectivity index (χ0v) is 20.0. The quantitative estimate of drug-likeness (QED) is 0.135. The van der Waals surface area contributed by atoms with Crippen molar-refractivity contribution < 1.29 is 9.90 Å². The van der Waals surface area contributed by atoms with Crippen LogP contribution in [0.1, 0.15) is 155 Å². The summed E-state index contributed by atoms with van der Waals surface area (Å²) in [6.45, 7) is 4.53. The van der Waals surface area contributed by atoms with Gasteiger partial charge in [-0.1, -0.05) is 135 Å². The highest BCUT2D eigenvalue weighted by Crippen LogP contribution is 2.16. The van der Waals surface area contributed by atoms with Gasteiger partial charge in [0.2, 0.25) is 0 Å². The van der Waals surface area contributed by atoms with E-state index < -0.39 is 5.97 Å². The van der Waals surface area contributed by atoms with Gasteiger partial charge in [0.15, 0.2) is 0 Å². The molecule has 0 fully saturated rings. The molecule has 0 saturated heterocycles. The van der Waals surface area contributed by atoms with Crippen LogP contribution in [0.5, 0.6) is 0 Å². The lowest BCUT2D eigenvalue weighted by molar-refractivity contribution is -0.132. The van der Waals surface area contributed by atoms with Crippen LogP contribution in [0.15, 0.2) is 11.6 Å². The smallest absolute Gasteiger partial charge is 0.331 e. The average Bonchev–Trinajstić information content (AvgIpc) is 2.71. The predicted molar refractivity (Wildman–Crippen MR) is 129 cm³/mol. The van der Waals surface area contributed by atoms with Crippen LogP contribution >= 0.6 is 0 Å². The topological polar surface area (TPSA) is 37.3 Å². The van der Waals surface area contributed by atoms with Crippen molar-refractivity contribution in [2.75, 3.05) is 0 Å². The van der Waals surface area contributed by atoms with E-state index in [1.807, 2.05) is 6.08 Å². The molecule has 0 spiro atoms. The van der Waals surface area contributed by atoms with Gasteiger partial charge in [-0.05, 0) is 25.7 Å². The van der Waals surface area contributed by atoms with Crippen LogP contribution in [0.3, 0.4) is 0 Å². The van der Waals surface area contributed by atoms with Crippen molar-refractivity contribution in [1.29, 1.82) is 0 Å². The summed E-state index contributed by atoms with van der Waals surface area (Å²) in [6.07, 6.45) is 30.0. The minimum absolute atomic E-state index is 0.653. The highest BCUT2D eigenvalue weighted by Gasteiger charge is 2.06. The molecule has 2 nitrogen and oxygen atoms in total. The molecule has 0 saturated carbocycles. The molecule has 0 aromatic heterocycles. The van der Waals surface area contributed by atoms with E-state index in [0.29, 0.717) is 5.57 Å². The molecule has 29 heavy (non-hydrogen) atoms. The van der Waals surface area contributed by atoms with Gasteiger partial charge in [0.25, 0.3) is 0 Å². The van der Waals surface area contributed by atoms with E-state index in [1.54, 1.807) is 0 Å². The third-order valence-electron chi connectivity index (χ3n) is 6.02. The van der Waals surface area contributed by atoms with Gasteiger partial charge in [0.05, 0.1) is 0 Å². The van der Waals surface area contributed by atoms with E-state index >= 15 is 0 Å². The molecule has 172 valence electrons. The molecular weight excluding hydrogens is 356 g/mol. The van der Waals surface area contributed by atoms with Crippen molar-refractivity contribution in [3.63, 3.8) is 0 Å². The Hall–Kier alpha value is -0.790. The number of rotatable bonds is 23. The highest BCUT2D eigenvalue weighted by atomic mass is 16.4. The molecule has 0 bridgehead atoms. The Morgan fingerprint density at radius 2 is 0.897 bits per heavy atom. The van der Waals surface area contributed by atoms with Gasteiger partial charge in [0.1, 0.15) is 0 Å². The first-order chi connectivity index (χ1) is 14.2. The first-order valence-corrected chi connectivity index (χ1v) is 13.1. The summed E-state index contributed by atoms with van der Waals surface area (Å²) in [5.41, 5.74) is 0.653. The molecule has 1 N–H and O–H groups in total. The lowest BCUT2D eigenvalue weighted by atomic mass is 10.0. The van der Waals surface area contributed by atoms with E-state index in [0.717, 1.165) is 25.7 Å². The minimum atomic E-state index is -0.701. The monoisotopic (exact) mass is 408 g/mol. The van der Waals surface area contributed by atoms with Gasteiger partial charge < -0.3 is 5.11 Å². The zero-order valence-electron chi connectivity index (χ0n) is 20.0. The number of carbonyl (C=O) groups is 1. The van der Waals surface area contributed by atoms with Crippen LogP contribution in [0.25, 0.3) is 0 Å². The first-order valence-electron chi connectivity index (χ1n) is 13.1. The maximum atomic E-state index is 11.4. The summed E-state index contributed by atoms with van der Waals surface area (Å²) in [6, 6.07) is 0. The number of hydrogen-bond acceptors (Lipinski definition) is 1. The summed E-state index contributed by atoms with van der Waals surface area (Å²) in [5.74, 6) is -0.701. The van der Waals surface area contributed by atoms with Gasteiger partial charge in [-0.15, -0.1) is 0 Å². The first kappa shape index (κ1) is 28.2. The Bertz CT molecular complexity index is 373. The highest BCUT2D eigenvalue weighted by molar-refractivity contribution is 5.86. The molecule has 0 aromatic rings. The normalized spacial score (nSPS) is 11.9. The van der Waals surface area contributed by atoms with Crippen LogP contribution in [-0.2, 0) is 4.79 Å². The molecule has 0 aliphatic carbocycles. The van der Waals surface area contributed by atoms with E-state index in [1.165, 1.54) is 116 Å². The molecule has 0 aliphatic heterocycles. The lowest BCUT2D eigenvalue weighted by Gasteiger charge is -2.05. The molecule has 2 heteroatoms. The fraction of sp³-hybridized carbons (Fsp3) is 0.889. The van der Waals surface area contributed by atoms with Crippen LogP contribution in [0.4, 0.5) is 0 Å². The number of carboxylic acids is 1. The van der Waals surface area contributed by atoms with Crippen molar-refractivity contribution >= 4 is 5.97 Å². The molecule has 0 heterocycles. The van der Waals surface area contributed by atoms with Gasteiger partial charge >= 0.3 is 5.97 Å². The molecule has 0 atom stereocenters. The molecule has 0 unspecified atom stereocenters. The second kappa shape index (κ2) is 23.5. The van der Waals surface area contributed by atoms with Gasteiger partial charge in [0, 0.05) is 5.57 Å². The maximum absolute atomic E-state index is 11.4. The zero-order chi connectivity index (χ0) is 21.4. The Kier molecular flexibility index (Phi) is 22.8. The number of unbranched alkanes of at least 4 members (excludes halogenated alkanes) is 19. The second-order valence-electron chi connectivity index (χ2n) is 8.94. The third kappa shape index (κ3) is 21.7. The van der Waals surface area contributed by atoms with E-state index in [2.05, 4.69) is 13.8 Å². The number of aliphatic carboxylic acids is 1. The fourth-order valence-corrected chi connectivity index (χ4v) is 4.01. The Labute approximate surface area is 182 Å². The predicted octanol–water partition coefficient (Wildman–Crippen LogP) is 9.62. The van der Waals surface area contributed by atoms with Crippen LogP contribution < -0.4 is 0 Å². The molecular formula is C27H52O2. The lowest BCUT2D eigenvalue weighted by Crippen LogP contribution is -2.00. The van der Waals surface area contributed by atoms with Crippen LogP contribution in [-0.4, -0.2) is 11.1 Å². The Morgan fingerprint density at radius 1 is 0.552 bits per heavy atom. The minimum Gasteiger partial charge on any atom is -0.478 e. The van der Waals surface area contributed by atoms with Crippen molar-refractivity contribution in [1.82, 2.24) is 0 Å². The average molecular weight is 409 g/mol. The Balaban J connectivity index is 3.56. The van der Waals surface area contributed by atoms with Crippen molar-refractivity contribution in [3.8, 4) is 0 Å². The van der Waals surface area contributed by atoms with E-state index in [4.69, 9.17) is 0 Å². The summed E-state index contributed by atoms with van der Waals surface area (Å²) in [4.78, 5) is 11.4. The Morgan fingerprint density at radius 3 is 1.28 bits per heavy atom. The van der Waals surface area contributed by atoms with Gasteiger partial charge in [-0.3, -0.25) is 0 Å². The van der Waals surface area contributed by atoms with Crippen LogP contribution in [0.2, 0.25) is 0 Å². The standard InChI is InChI=1S/C27H52O2/c1-3-5-7-9-11-13-15-17-19-21-23-25-26(27(28)29)24-22-20-18-16-14-12-10-8-6-4-2/h25H,3-24H2,1-2H3,(H,28,29). The fourth-order valence-electron chi connectivity index (χ4n) is 4.01. The largest absolute Gasteiger partial charge is 0.478 e. The van der Waals surface area contributed by atoms with Crippen molar-refractivity contribution in [3.05, 3.63) is 11.6 Å². The third-order valence-corrected chi connectivity index (χ3v) is 6.02. The SMILES string of the molecule is CCCCCCCCCCCCC=C(CCCCCCCCCCCC)C(=O)O. The van der Waals surface area contributed by atoms with Gasteiger partial charge in [-0.25, -0.2) is 4.79 Å². The molecule has 0 radical (unpaired) electrons. The van der Waals surface area contributed by atoms with Crippen molar-refractivity contribution in [2.45, 2.75) is 155 Å². The molecule has 0 rings (SSSR count). The maximum Gasteiger partial charge on any atom is 0.331 e. The number of carboxylic acid groups (broad SMARTS) is 1. The van der Waals surface area contributed by atoms with E-state index in [9.17, 15) is 9.90 Å². The summed E-state index contributed by atoms with van der Waals surface area (Å²) in [5, 5.41) is 9.41. The van der Waals surface area contributed by atoms with Gasteiger partial charge in [-0.2, -0.15) is 0 Å². The summed E-state index contributed by atoms with van der Waals surface area (Å²) in [7, 11) is 0. The number of hydrogen-bond donors (Lipinski definition) is 1.